The van der Waals surface area contributed by atoms with Gasteiger partial charge in [0.05, 0.1) is 12.3 Å². The highest BCUT2D eigenvalue weighted by molar-refractivity contribution is 6.65. The molecule has 4 N–H and O–H groups in total. The van der Waals surface area contributed by atoms with Crippen molar-refractivity contribution in [3.05, 3.63) is 36.0 Å². The number of oxime groups is 1. The zero-order valence-electron chi connectivity index (χ0n) is 16.4. The van der Waals surface area contributed by atoms with Crippen molar-refractivity contribution in [2.24, 2.45) is 10.3 Å². The summed E-state index contributed by atoms with van der Waals surface area (Å²) in [4.78, 5) is 24.5. The van der Waals surface area contributed by atoms with Crippen LogP contribution in [-0.2, 0) is 9.53 Å². The quantitative estimate of drug-likeness (QED) is 0.205. The molecule has 160 valence electrons. The van der Waals surface area contributed by atoms with E-state index in [0.29, 0.717) is 5.56 Å². The Morgan fingerprint density at radius 2 is 2.03 bits per heavy atom. The molecule has 0 fully saturated rings. The summed E-state index contributed by atoms with van der Waals surface area (Å²) in [7, 11) is 0. The van der Waals surface area contributed by atoms with Gasteiger partial charge in [0, 0.05) is 5.56 Å². The van der Waals surface area contributed by atoms with Gasteiger partial charge >= 0.3 is 5.97 Å². The molecule has 0 aliphatic carbocycles. The summed E-state index contributed by atoms with van der Waals surface area (Å²) in [6.45, 7) is 3.01. The van der Waals surface area contributed by atoms with Crippen LogP contribution in [0.4, 0.5) is 5.82 Å². The Hall–Kier alpha value is -4.62. The van der Waals surface area contributed by atoms with Crippen LogP contribution in [0.25, 0.3) is 17.1 Å². The summed E-state index contributed by atoms with van der Waals surface area (Å²) in [5.74, 6) is -1.67. The second-order valence-corrected chi connectivity index (χ2v) is 5.84. The highest BCUT2D eigenvalue weighted by Gasteiger charge is 2.25. The number of benzene rings is 1. The van der Waals surface area contributed by atoms with E-state index in [9.17, 15) is 9.59 Å². The molecule has 0 saturated heterocycles. The first-order valence-corrected chi connectivity index (χ1v) is 8.81. The third-order valence-corrected chi connectivity index (χ3v) is 3.87. The fourth-order valence-electron chi connectivity index (χ4n) is 2.48. The molecule has 0 unspecified atom stereocenters. The van der Waals surface area contributed by atoms with Gasteiger partial charge in [-0.2, -0.15) is 9.78 Å². The molecule has 14 heteroatoms. The van der Waals surface area contributed by atoms with Crippen LogP contribution in [0.2, 0.25) is 0 Å². The molecule has 0 aliphatic rings. The van der Waals surface area contributed by atoms with Gasteiger partial charge in [-0.1, -0.05) is 40.7 Å². The van der Waals surface area contributed by atoms with E-state index < -0.39 is 17.6 Å². The maximum Gasteiger partial charge on any atom is 0.362 e. The number of hydrazone groups is 1. The number of anilines is 1. The van der Waals surface area contributed by atoms with Crippen molar-refractivity contribution in [3.8, 4) is 17.1 Å². The van der Waals surface area contributed by atoms with E-state index in [1.54, 1.807) is 37.3 Å². The van der Waals surface area contributed by atoms with Gasteiger partial charge in [0.25, 0.3) is 5.91 Å². The number of aromatic nitrogens is 5. The number of hydrogen-bond acceptors (Lipinski definition) is 12. The van der Waals surface area contributed by atoms with Gasteiger partial charge in [0.2, 0.25) is 17.3 Å². The minimum Gasteiger partial charge on any atom is -0.461 e. The Morgan fingerprint density at radius 3 is 2.65 bits per heavy atom. The lowest BCUT2D eigenvalue weighted by molar-refractivity contribution is -0.134. The minimum atomic E-state index is -0.898. The van der Waals surface area contributed by atoms with Crippen LogP contribution in [0.1, 0.15) is 24.3 Å². The summed E-state index contributed by atoms with van der Waals surface area (Å²) >= 11 is 0. The summed E-state index contributed by atoms with van der Waals surface area (Å²) in [5, 5.41) is 30.7. The van der Waals surface area contributed by atoms with Crippen LogP contribution in [0.15, 0.2) is 45.2 Å². The molecule has 0 aliphatic heterocycles. The van der Waals surface area contributed by atoms with Gasteiger partial charge in [-0.25, -0.2) is 14.8 Å². The van der Waals surface area contributed by atoms with Gasteiger partial charge in [-0.15, -0.1) is 5.10 Å². The first-order valence-electron chi connectivity index (χ1n) is 8.81. The molecule has 31 heavy (non-hydrogen) atoms. The van der Waals surface area contributed by atoms with Crippen LogP contribution in [0.3, 0.4) is 0 Å². The molecule has 1 amide bonds. The van der Waals surface area contributed by atoms with Crippen LogP contribution < -0.4 is 11.2 Å². The van der Waals surface area contributed by atoms with Crippen molar-refractivity contribution in [3.63, 3.8) is 0 Å². The lowest BCUT2D eigenvalue weighted by atomic mass is 10.1. The normalized spacial score (nSPS) is 11.9. The number of nitrogens with one attached hydrogen (secondary N) is 1. The average Bonchev–Trinajstić information content (AvgIpc) is 3.39. The van der Waals surface area contributed by atoms with Crippen molar-refractivity contribution in [1.29, 1.82) is 0 Å². The molecule has 0 saturated carbocycles. The number of ether oxygens (including phenoxy) is 1. The average molecular weight is 427 g/mol. The first-order chi connectivity index (χ1) is 15.0. The summed E-state index contributed by atoms with van der Waals surface area (Å²) in [6, 6.07) is 8.75. The number of nitrogens with zero attached hydrogens (tertiary/aromatic N) is 7. The van der Waals surface area contributed by atoms with Gasteiger partial charge in [-0.05, 0) is 24.2 Å². The largest absolute Gasteiger partial charge is 0.461 e. The number of amides is 1. The predicted molar refractivity (Wildman–Crippen MR) is 105 cm³/mol. The molecule has 0 bridgehead atoms. The molecule has 3 rings (SSSR count). The zero-order chi connectivity index (χ0) is 22.4. The van der Waals surface area contributed by atoms with Gasteiger partial charge in [0.15, 0.2) is 5.69 Å². The third kappa shape index (κ3) is 4.36. The van der Waals surface area contributed by atoms with Gasteiger partial charge in [0.1, 0.15) is 5.69 Å². The van der Waals surface area contributed by atoms with Gasteiger partial charge < -0.3 is 15.7 Å². The fraction of sp³-hybridized carbons (Fsp3) is 0.176. The number of rotatable bonds is 7. The van der Waals surface area contributed by atoms with E-state index in [1.165, 1.54) is 11.6 Å². The number of nitrogen functional groups attached to an aromatic ring is 1. The fourth-order valence-corrected chi connectivity index (χ4v) is 2.48. The van der Waals surface area contributed by atoms with Crippen molar-refractivity contribution in [2.45, 2.75) is 13.8 Å². The molecule has 2 aromatic heterocycles. The Kier molecular flexibility index (Phi) is 6.30. The van der Waals surface area contributed by atoms with Crippen molar-refractivity contribution in [2.75, 3.05) is 12.3 Å². The maximum atomic E-state index is 12.8. The smallest absolute Gasteiger partial charge is 0.362 e. The standard InChI is InChI=1S/C17H17N9O5/c1-3-30-17(28)11(22-29)9(2)19-21-16(27)12-13(10-7-5-4-6-8-10)26(25-20-12)15-14(18)23-31-24-15/h4-8,29H,3H2,1-2H3,(H2,18,23)(H,21,27)/b19-9+,22-11+. The Labute approximate surface area is 174 Å². The molecule has 0 spiro atoms. The number of esters is 1. The number of carbonyl (C=O) groups excluding carboxylic acids is 2. The highest BCUT2D eigenvalue weighted by atomic mass is 16.6. The van der Waals surface area contributed by atoms with Crippen molar-refractivity contribution < 1.29 is 24.2 Å². The van der Waals surface area contributed by atoms with Crippen LogP contribution >= 0.6 is 0 Å². The molecule has 2 heterocycles. The summed E-state index contributed by atoms with van der Waals surface area (Å²) < 4.78 is 10.6. The summed E-state index contributed by atoms with van der Waals surface area (Å²) in [6.07, 6.45) is 0. The topological polar surface area (TPSA) is 196 Å². The Balaban J connectivity index is 1.96. The number of nitrogens with two attached hydrogens (primary N) is 1. The van der Waals surface area contributed by atoms with E-state index in [2.05, 4.69) is 40.9 Å². The van der Waals surface area contributed by atoms with Crippen molar-refractivity contribution >= 4 is 29.1 Å². The molecule has 3 aromatic rings. The summed E-state index contributed by atoms with van der Waals surface area (Å²) in [5.41, 5.74) is 8.13. The monoisotopic (exact) mass is 427 g/mol. The van der Waals surface area contributed by atoms with E-state index in [-0.39, 0.29) is 35.3 Å². The van der Waals surface area contributed by atoms with E-state index in [1.807, 2.05) is 0 Å². The van der Waals surface area contributed by atoms with E-state index >= 15 is 0 Å². The molecule has 14 nitrogen and oxygen atoms in total. The second kappa shape index (κ2) is 9.25. The van der Waals surface area contributed by atoms with Crippen LogP contribution in [0, 0.1) is 0 Å². The Morgan fingerprint density at radius 1 is 1.29 bits per heavy atom. The molecule has 0 atom stereocenters. The number of carbonyl (C=O) groups is 2. The molecular formula is C17H17N9O5. The molecular weight excluding hydrogens is 410 g/mol. The third-order valence-electron chi connectivity index (χ3n) is 3.87. The molecule has 0 radical (unpaired) electrons. The maximum absolute atomic E-state index is 12.8. The SMILES string of the molecule is CCOC(=O)C(=N/O)/C(C)=N/NC(=O)c1nnn(-c2nonc2N)c1-c1ccccc1. The lowest BCUT2D eigenvalue weighted by Gasteiger charge is -2.06. The molecule has 1 aromatic carbocycles. The second-order valence-electron chi connectivity index (χ2n) is 5.84. The number of hydrogen-bond donors (Lipinski definition) is 3. The Bertz CT molecular complexity index is 1150. The lowest BCUT2D eigenvalue weighted by Crippen LogP contribution is -2.28. The van der Waals surface area contributed by atoms with E-state index in [0.717, 1.165) is 0 Å². The highest BCUT2D eigenvalue weighted by Crippen LogP contribution is 2.26. The first kappa shape index (κ1) is 21.1. The van der Waals surface area contributed by atoms with Crippen LogP contribution in [0.5, 0.6) is 0 Å². The van der Waals surface area contributed by atoms with Gasteiger partial charge in [-0.3, -0.25) is 4.79 Å². The predicted octanol–water partition coefficient (Wildman–Crippen LogP) is 0.399. The zero-order valence-corrected chi connectivity index (χ0v) is 16.4. The van der Waals surface area contributed by atoms with Crippen molar-refractivity contribution in [1.82, 2.24) is 30.7 Å². The van der Waals surface area contributed by atoms with Crippen LogP contribution in [-0.4, -0.2) is 60.4 Å². The minimum absolute atomic E-state index is 0.0436. The van der Waals surface area contributed by atoms with E-state index in [4.69, 9.17) is 15.7 Å².